The molecule has 0 unspecified atom stereocenters. The normalized spacial score (nSPS) is 10.7. The molecule has 156 valence electrons. The molecular weight excluding hydrogens is 426 g/mol. The summed E-state index contributed by atoms with van der Waals surface area (Å²) in [4.78, 5) is 42.2. The predicted octanol–water partition coefficient (Wildman–Crippen LogP) is 3.09. The van der Waals surface area contributed by atoms with Gasteiger partial charge in [0.25, 0.3) is 17.4 Å². The summed E-state index contributed by atoms with van der Waals surface area (Å²) in [6, 6.07) is 4.65. The van der Waals surface area contributed by atoms with E-state index in [4.69, 9.17) is 11.6 Å². The van der Waals surface area contributed by atoms with Crippen molar-refractivity contribution < 1.29 is 9.59 Å². The van der Waals surface area contributed by atoms with Gasteiger partial charge in [-0.25, -0.2) is 9.67 Å². The number of aryl methyl sites for hydroxylation is 3. The van der Waals surface area contributed by atoms with Crippen LogP contribution in [0.3, 0.4) is 0 Å². The first-order valence-electron chi connectivity index (χ1n) is 8.99. The van der Waals surface area contributed by atoms with Crippen molar-refractivity contribution in [2.75, 3.05) is 12.4 Å². The minimum Gasteiger partial charge on any atom is -0.355 e. The lowest BCUT2D eigenvalue weighted by Crippen LogP contribution is -2.23. The van der Waals surface area contributed by atoms with Gasteiger partial charge in [-0.1, -0.05) is 11.6 Å². The standard InChI is InChI=1S/C20H20ClN5O3S/c1-9-10(2)25-26(5)20(29)15(9)19-23-11(3)16(30-19)18(28)24-12-6-7-14(21)13(8-12)17(27)22-4/h6-8H,1-5H3,(H,22,27)(H,24,28). The maximum absolute atomic E-state index is 12.8. The Kier molecular flexibility index (Phi) is 6.04. The predicted molar refractivity (Wildman–Crippen MR) is 118 cm³/mol. The second-order valence-electron chi connectivity index (χ2n) is 6.68. The molecule has 0 spiro atoms. The highest BCUT2D eigenvalue weighted by atomic mass is 35.5. The van der Waals surface area contributed by atoms with Gasteiger partial charge in [0.2, 0.25) is 0 Å². The van der Waals surface area contributed by atoms with E-state index in [0.717, 1.165) is 16.9 Å². The van der Waals surface area contributed by atoms with E-state index >= 15 is 0 Å². The Morgan fingerprint density at radius 1 is 1.13 bits per heavy atom. The molecule has 10 heteroatoms. The Balaban J connectivity index is 1.97. The zero-order valence-electron chi connectivity index (χ0n) is 17.1. The Labute approximate surface area is 181 Å². The van der Waals surface area contributed by atoms with Gasteiger partial charge in [-0.05, 0) is 44.5 Å². The van der Waals surface area contributed by atoms with Crippen LogP contribution in [0.25, 0.3) is 10.6 Å². The number of thiazole rings is 1. The van der Waals surface area contributed by atoms with Gasteiger partial charge < -0.3 is 10.6 Å². The average Bonchev–Trinajstić information content (AvgIpc) is 3.08. The molecule has 2 amide bonds. The third-order valence-corrected chi connectivity index (χ3v) is 6.14. The van der Waals surface area contributed by atoms with E-state index in [9.17, 15) is 14.4 Å². The summed E-state index contributed by atoms with van der Waals surface area (Å²) in [6.45, 7) is 5.33. The highest BCUT2D eigenvalue weighted by molar-refractivity contribution is 7.17. The third kappa shape index (κ3) is 3.99. The Morgan fingerprint density at radius 3 is 2.50 bits per heavy atom. The molecule has 8 nitrogen and oxygen atoms in total. The second-order valence-corrected chi connectivity index (χ2v) is 8.08. The molecule has 0 fully saturated rings. The highest BCUT2D eigenvalue weighted by Crippen LogP contribution is 2.29. The smallest absolute Gasteiger partial charge is 0.277 e. The van der Waals surface area contributed by atoms with E-state index in [1.165, 1.54) is 17.8 Å². The van der Waals surface area contributed by atoms with Crippen molar-refractivity contribution >= 4 is 40.4 Å². The maximum Gasteiger partial charge on any atom is 0.277 e. The van der Waals surface area contributed by atoms with Crippen LogP contribution >= 0.6 is 22.9 Å². The number of halogens is 1. The van der Waals surface area contributed by atoms with E-state index in [0.29, 0.717) is 32.5 Å². The van der Waals surface area contributed by atoms with Crippen molar-refractivity contribution in [3.63, 3.8) is 0 Å². The van der Waals surface area contributed by atoms with Gasteiger partial charge in [0.1, 0.15) is 9.88 Å². The fourth-order valence-electron chi connectivity index (χ4n) is 2.91. The fourth-order valence-corrected chi connectivity index (χ4v) is 4.17. The van der Waals surface area contributed by atoms with Crippen molar-refractivity contribution in [2.45, 2.75) is 20.8 Å². The van der Waals surface area contributed by atoms with Crippen LogP contribution in [0, 0.1) is 20.8 Å². The number of hydrogen-bond acceptors (Lipinski definition) is 6. The van der Waals surface area contributed by atoms with Crippen molar-refractivity contribution in [3.05, 3.63) is 61.0 Å². The molecule has 0 saturated heterocycles. The number of amides is 2. The summed E-state index contributed by atoms with van der Waals surface area (Å²) in [5.41, 5.74) is 2.79. The Bertz CT molecular complexity index is 1230. The molecular formula is C20H20ClN5O3S. The van der Waals surface area contributed by atoms with Crippen LogP contribution in [-0.2, 0) is 7.05 Å². The lowest BCUT2D eigenvalue weighted by atomic mass is 10.1. The largest absolute Gasteiger partial charge is 0.355 e. The molecule has 3 aromatic rings. The average molecular weight is 446 g/mol. The molecule has 0 radical (unpaired) electrons. The second kappa shape index (κ2) is 8.37. The van der Waals surface area contributed by atoms with Crippen molar-refractivity contribution in [2.24, 2.45) is 7.05 Å². The number of anilines is 1. The number of benzene rings is 1. The van der Waals surface area contributed by atoms with Gasteiger partial charge in [0.05, 0.1) is 27.5 Å². The Morgan fingerprint density at radius 2 is 1.83 bits per heavy atom. The number of rotatable bonds is 4. The number of carbonyl (C=O) groups excluding carboxylic acids is 2. The van der Waals surface area contributed by atoms with Gasteiger partial charge in [0.15, 0.2) is 0 Å². The van der Waals surface area contributed by atoms with Crippen molar-refractivity contribution in [1.82, 2.24) is 20.1 Å². The number of aromatic nitrogens is 3. The summed E-state index contributed by atoms with van der Waals surface area (Å²) in [5, 5.41) is 10.2. The van der Waals surface area contributed by atoms with Crippen LogP contribution in [0.1, 0.15) is 37.0 Å². The third-order valence-electron chi connectivity index (χ3n) is 4.64. The number of carbonyl (C=O) groups is 2. The van der Waals surface area contributed by atoms with Crippen LogP contribution < -0.4 is 16.2 Å². The molecule has 0 aliphatic rings. The zero-order valence-corrected chi connectivity index (χ0v) is 18.7. The molecule has 1 aromatic carbocycles. The first-order valence-corrected chi connectivity index (χ1v) is 10.2. The molecule has 2 N–H and O–H groups in total. The summed E-state index contributed by atoms with van der Waals surface area (Å²) >= 11 is 7.19. The molecule has 0 bridgehead atoms. The van der Waals surface area contributed by atoms with Crippen LogP contribution in [0.15, 0.2) is 23.0 Å². The van der Waals surface area contributed by atoms with Gasteiger partial charge in [-0.15, -0.1) is 11.3 Å². The van der Waals surface area contributed by atoms with Crippen molar-refractivity contribution in [3.8, 4) is 10.6 Å². The van der Waals surface area contributed by atoms with E-state index < -0.39 is 0 Å². The van der Waals surface area contributed by atoms with E-state index in [1.807, 2.05) is 13.8 Å². The number of nitrogens with one attached hydrogen (secondary N) is 2. The number of nitrogens with zero attached hydrogens (tertiary/aromatic N) is 3. The van der Waals surface area contributed by atoms with Crippen LogP contribution in [0.5, 0.6) is 0 Å². The lowest BCUT2D eigenvalue weighted by Gasteiger charge is -2.08. The van der Waals surface area contributed by atoms with Crippen LogP contribution in [0.2, 0.25) is 5.02 Å². The van der Waals surface area contributed by atoms with Gasteiger partial charge in [0, 0.05) is 19.8 Å². The molecule has 0 aliphatic carbocycles. The molecule has 30 heavy (non-hydrogen) atoms. The van der Waals surface area contributed by atoms with Gasteiger partial charge >= 0.3 is 0 Å². The first kappa shape index (κ1) is 21.7. The molecule has 0 aliphatic heterocycles. The van der Waals surface area contributed by atoms with E-state index in [-0.39, 0.29) is 28.0 Å². The molecule has 0 atom stereocenters. The topological polar surface area (TPSA) is 106 Å². The molecule has 0 saturated carbocycles. The van der Waals surface area contributed by atoms with Crippen molar-refractivity contribution in [1.29, 1.82) is 0 Å². The SMILES string of the molecule is CNC(=O)c1cc(NC(=O)c2sc(-c3c(C)c(C)nn(C)c3=O)nc2C)ccc1Cl. The highest BCUT2D eigenvalue weighted by Gasteiger charge is 2.21. The number of hydrogen-bond donors (Lipinski definition) is 2. The molecule has 3 rings (SSSR count). The Hall–Kier alpha value is -3.04. The first-order chi connectivity index (χ1) is 14.1. The van der Waals surface area contributed by atoms with Crippen LogP contribution in [0.4, 0.5) is 5.69 Å². The minimum absolute atomic E-state index is 0.255. The van der Waals surface area contributed by atoms with E-state index in [2.05, 4.69) is 20.7 Å². The maximum atomic E-state index is 12.8. The summed E-state index contributed by atoms with van der Waals surface area (Å²) in [6.07, 6.45) is 0. The zero-order chi connectivity index (χ0) is 22.2. The fraction of sp³-hybridized carbons (Fsp3) is 0.250. The monoisotopic (exact) mass is 445 g/mol. The van der Waals surface area contributed by atoms with E-state index in [1.54, 1.807) is 26.1 Å². The van der Waals surface area contributed by atoms with Gasteiger partial charge in [-0.3, -0.25) is 14.4 Å². The molecule has 2 heterocycles. The summed E-state index contributed by atoms with van der Waals surface area (Å²) in [7, 11) is 3.08. The quantitative estimate of drug-likeness (QED) is 0.641. The van der Waals surface area contributed by atoms with Crippen LogP contribution in [-0.4, -0.2) is 33.6 Å². The lowest BCUT2D eigenvalue weighted by molar-refractivity contribution is 0.0961. The molecule has 2 aromatic heterocycles. The summed E-state index contributed by atoms with van der Waals surface area (Å²) < 4.78 is 1.27. The summed E-state index contributed by atoms with van der Waals surface area (Å²) in [5.74, 6) is -0.742. The van der Waals surface area contributed by atoms with Gasteiger partial charge in [-0.2, -0.15) is 5.10 Å². The minimum atomic E-state index is -0.387.